The van der Waals surface area contributed by atoms with Crippen molar-refractivity contribution in [2.45, 2.75) is 26.2 Å². The molecule has 0 aliphatic heterocycles. The summed E-state index contributed by atoms with van der Waals surface area (Å²) < 4.78 is 16.5. The normalized spacial score (nSPS) is 11.0. The van der Waals surface area contributed by atoms with Gasteiger partial charge in [0.05, 0.1) is 12.7 Å². The van der Waals surface area contributed by atoms with E-state index in [-0.39, 0.29) is 23.4 Å². The fourth-order valence-corrected chi connectivity index (χ4v) is 3.18. The van der Waals surface area contributed by atoms with Crippen molar-refractivity contribution in [1.29, 1.82) is 0 Å². The molecule has 35 heavy (non-hydrogen) atoms. The molecular weight excluding hydrogens is 444 g/mol. The van der Waals surface area contributed by atoms with E-state index in [0.29, 0.717) is 22.7 Å². The average molecular weight is 471 g/mol. The molecule has 3 aromatic carbocycles. The Bertz CT molecular complexity index is 1300. The van der Waals surface area contributed by atoms with Gasteiger partial charge >= 0.3 is 18.0 Å². The molecule has 8 heteroatoms. The second kappa shape index (κ2) is 10.2. The van der Waals surface area contributed by atoms with Crippen molar-refractivity contribution in [3.05, 3.63) is 90.0 Å². The predicted octanol–water partition coefficient (Wildman–Crippen LogP) is 6.28. The minimum atomic E-state index is -0.444. The van der Waals surface area contributed by atoms with E-state index in [4.69, 9.17) is 14.2 Å². The maximum Gasteiger partial charge on any atom is 0.337 e. The van der Waals surface area contributed by atoms with Gasteiger partial charge in [-0.25, -0.2) is 4.79 Å². The number of nitrogens with zero attached hydrogens (tertiary/aromatic N) is 3. The van der Waals surface area contributed by atoms with E-state index in [1.165, 1.54) is 12.7 Å². The van der Waals surface area contributed by atoms with Crippen LogP contribution in [0.1, 0.15) is 36.7 Å². The largest absolute Gasteiger partial charge is 0.465 e. The van der Waals surface area contributed by atoms with Gasteiger partial charge in [-0.2, -0.15) is 9.97 Å². The Hall–Kier alpha value is -4.46. The number of carbonyl (C=O) groups is 1. The van der Waals surface area contributed by atoms with E-state index in [1.54, 1.807) is 36.4 Å². The zero-order valence-electron chi connectivity index (χ0n) is 20.0. The lowest BCUT2D eigenvalue weighted by atomic mass is 9.87. The lowest BCUT2D eigenvalue weighted by molar-refractivity contribution is 0.0600. The van der Waals surface area contributed by atoms with Crippen molar-refractivity contribution in [2.75, 3.05) is 12.4 Å². The van der Waals surface area contributed by atoms with Gasteiger partial charge in [-0.05, 0) is 53.4 Å². The first-order valence-corrected chi connectivity index (χ1v) is 11.0. The molecule has 0 fully saturated rings. The number of anilines is 2. The quantitative estimate of drug-likeness (QED) is 0.315. The summed E-state index contributed by atoms with van der Waals surface area (Å²) in [4.78, 5) is 24.9. The summed E-state index contributed by atoms with van der Waals surface area (Å²) in [5, 5.41) is 3.07. The third kappa shape index (κ3) is 6.32. The third-order valence-corrected chi connectivity index (χ3v) is 5.02. The molecule has 0 spiro atoms. The summed E-state index contributed by atoms with van der Waals surface area (Å²) in [6, 6.07) is 23.8. The number of para-hydroxylation sites is 1. The lowest BCUT2D eigenvalue weighted by Gasteiger charge is -2.19. The molecule has 0 saturated carbocycles. The second-order valence-electron chi connectivity index (χ2n) is 8.71. The number of nitrogens with one attached hydrogen (secondary N) is 1. The maximum atomic E-state index is 11.9. The van der Waals surface area contributed by atoms with Gasteiger partial charge in [0.2, 0.25) is 5.95 Å². The molecule has 0 bridgehead atoms. The molecule has 0 unspecified atom stereocenters. The summed E-state index contributed by atoms with van der Waals surface area (Å²) in [6.45, 7) is 6.44. The summed E-state index contributed by atoms with van der Waals surface area (Å²) in [5.41, 5.74) is 2.19. The molecular formula is C27H26N4O4. The van der Waals surface area contributed by atoms with E-state index in [0.717, 1.165) is 0 Å². The Labute approximate surface area is 204 Å². The number of esters is 1. The molecule has 0 aliphatic carbocycles. The summed E-state index contributed by atoms with van der Waals surface area (Å²) >= 11 is 0. The molecule has 8 nitrogen and oxygen atoms in total. The van der Waals surface area contributed by atoms with Gasteiger partial charge in [-0.3, -0.25) is 0 Å². The van der Waals surface area contributed by atoms with Crippen LogP contribution in [0.2, 0.25) is 0 Å². The highest BCUT2D eigenvalue weighted by Gasteiger charge is 2.15. The van der Waals surface area contributed by atoms with E-state index in [2.05, 4.69) is 41.0 Å². The number of ether oxygens (including phenoxy) is 3. The van der Waals surface area contributed by atoms with Crippen LogP contribution in [0, 0.1) is 0 Å². The van der Waals surface area contributed by atoms with E-state index < -0.39 is 5.97 Å². The molecule has 4 rings (SSSR count). The van der Waals surface area contributed by atoms with E-state index in [1.807, 2.05) is 42.5 Å². The van der Waals surface area contributed by atoms with Gasteiger partial charge < -0.3 is 19.5 Å². The third-order valence-electron chi connectivity index (χ3n) is 5.02. The monoisotopic (exact) mass is 470 g/mol. The molecule has 1 heterocycles. The molecule has 0 radical (unpaired) electrons. The second-order valence-corrected chi connectivity index (χ2v) is 8.71. The smallest absolute Gasteiger partial charge is 0.337 e. The van der Waals surface area contributed by atoms with Crippen molar-refractivity contribution >= 4 is 17.6 Å². The van der Waals surface area contributed by atoms with Crippen LogP contribution >= 0.6 is 0 Å². The van der Waals surface area contributed by atoms with Crippen molar-refractivity contribution in [1.82, 2.24) is 15.0 Å². The van der Waals surface area contributed by atoms with E-state index >= 15 is 0 Å². The summed E-state index contributed by atoms with van der Waals surface area (Å²) in [5.74, 6) is 0.890. The molecule has 0 atom stereocenters. The lowest BCUT2D eigenvalue weighted by Crippen LogP contribution is -2.10. The fourth-order valence-electron chi connectivity index (χ4n) is 3.18. The Kier molecular flexibility index (Phi) is 6.91. The van der Waals surface area contributed by atoms with Gasteiger partial charge in [0, 0.05) is 5.69 Å². The first kappa shape index (κ1) is 23.7. The van der Waals surface area contributed by atoms with Crippen LogP contribution in [0.25, 0.3) is 0 Å². The maximum absolute atomic E-state index is 11.9. The number of rotatable bonds is 7. The van der Waals surface area contributed by atoms with Crippen LogP contribution in [0.5, 0.6) is 23.5 Å². The highest BCUT2D eigenvalue weighted by atomic mass is 16.5. The first-order chi connectivity index (χ1) is 16.8. The van der Waals surface area contributed by atoms with Crippen molar-refractivity contribution < 1.29 is 19.0 Å². The van der Waals surface area contributed by atoms with Gasteiger partial charge in [-0.15, -0.1) is 4.98 Å². The zero-order chi connectivity index (χ0) is 24.8. The SMILES string of the molecule is COC(=O)c1cccc(Nc2nc(Oc3ccccc3)nc(Oc3ccc(C(C)(C)C)cc3)n2)c1. The van der Waals surface area contributed by atoms with Crippen LogP contribution < -0.4 is 14.8 Å². The number of benzene rings is 3. The predicted molar refractivity (Wildman–Crippen MR) is 133 cm³/mol. The standard InChI is InChI=1S/C27H26N4O4/c1-27(2,3)19-13-15-22(16-14-19)35-26-30-24(28-20-10-8-9-18(17-20)23(32)33-4)29-25(31-26)34-21-11-6-5-7-12-21/h5-17H,1-4H3,(H,28,29,30,31). The van der Waals surface area contributed by atoms with Crippen molar-refractivity contribution in [3.8, 4) is 23.5 Å². The zero-order valence-corrected chi connectivity index (χ0v) is 20.0. The first-order valence-electron chi connectivity index (χ1n) is 11.0. The number of hydrogen-bond donors (Lipinski definition) is 1. The molecule has 0 aliphatic rings. The number of hydrogen-bond acceptors (Lipinski definition) is 8. The topological polar surface area (TPSA) is 95.5 Å². The van der Waals surface area contributed by atoms with Crippen molar-refractivity contribution in [3.63, 3.8) is 0 Å². The van der Waals surface area contributed by atoms with Gasteiger partial charge in [0.1, 0.15) is 11.5 Å². The summed E-state index contributed by atoms with van der Waals surface area (Å²) in [6.07, 6.45) is 0. The van der Waals surface area contributed by atoms with Crippen LogP contribution in [-0.4, -0.2) is 28.0 Å². The molecule has 178 valence electrons. The Morgan fingerprint density at radius 3 is 2.00 bits per heavy atom. The average Bonchev–Trinajstić information content (AvgIpc) is 2.84. The minimum absolute atomic E-state index is 0.0260. The number of methoxy groups -OCH3 is 1. The molecule has 1 N–H and O–H groups in total. The summed E-state index contributed by atoms with van der Waals surface area (Å²) in [7, 11) is 1.33. The highest BCUT2D eigenvalue weighted by Crippen LogP contribution is 2.28. The van der Waals surface area contributed by atoms with Gasteiger partial charge in [-0.1, -0.05) is 57.2 Å². The number of aromatic nitrogens is 3. The van der Waals surface area contributed by atoms with Crippen LogP contribution in [0.4, 0.5) is 11.6 Å². The van der Waals surface area contributed by atoms with Gasteiger partial charge in [0.15, 0.2) is 0 Å². The Balaban J connectivity index is 1.63. The van der Waals surface area contributed by atoms with Gasteiger partial charge in [0.25, 0.3) is 0 Å². The minimum Gasteiger partial charge on any atom is -0.465 e. The number of carbonyl (C=O) groups excluding carboxylic acids is 1. The fraction of sp³-hybridized carbons (Fsp3) is 0.185. The Morgan fingerprint density at radius 2 is 1.40 bits per heavy atom. The van der Waals surface area contributed by atoms with Crippen LogP contribution in [-0.2, 0) is 10.2 Å². The van der Waals surface area contributed by atoms with Crippen molar-refractivity contribution in [2.24, 2.45) is 0 Å². The molecule has 1 aromatic heterocycles. The Morgan fingerprint density at radius 1 is 0.771 bits per heavy atom. The molecule has 0 saturated heterocycles. The van der Waals surface area contributed by atoms with Crippen LogP contribution in [0.15, 0.2) is 78.9 Å². The van der Waals surface area contributed by atoms with Crippen LogP contribution in [0.3, 0.4) is 0 Å². The van der Waals surface area contributed by atoms with E-state index in [9.17, 15) is 4.79 Å². The highest BCUT2D eigenvalue weighted by molar-refractivity contribution is 5.90. The molecule has 4 aromatic rings. The molecule has 0 amide bonds.